The molecular formula is C15H14O4. The van der Waals surface area contributed by atoms with Crippen LogP contribution in [-0.4, -0.2) is 17.9 Å². The number of benzene rings is 1. The van der Waals surface area contributed by atoms with Crippen LogP contribution in [-0.2, 0) is 4.74 Å². The van der Waals surface area contributed by atoms with E-state index in [4.69, 9.17) is 9.15 Å². The SMILES string of the molecule is Cc1ccoc1C(=O)OC(C)C(=O)c1ccccc1. The summed E-state index contributed by atoms with van der Waals surface area (Å²) in [5.74, 6) is -0.731. The van der Waals surface area contributed by atoms with Crippen LogP contribution in [0.5, 0.6) is 0 Å². The predicted molar refractivity (Wildman–Crippen MR) is 69.1 cm³/mol. The molecule has 0 saturated carbocycles. The van der Waals surface area contributed by atoms with Crippen molar-refractivity contribution in [1.29, 1.82) is 0 Å². The lowest BCUT2D eigenvalue weighted by Crippen LogP contribution is -2.24. The molecule has 1 heterocycles. The summed E-state index contributed by atoms with van der Waals surface area (Å²) in [4.78, 5) is 23.8. The van der Waals surface area contributed by atoms with Crippen LogP contribution in [0.3, 0.4) is 0 Å². The van der Waals surface area contributed by atoms with Crippen LogP contribution in [0.1, 0.15) is 33.4 Å². The van der Waals surface area contributed by atoms with Gasteiger partial charge in [-0.15, -0.1) is 0 Å². The number of ether oxygens (including phenoxy) is 1. The molecule has 0 fully saturated rings. The molecule has 2 rings (SSSR count). The Morgan fingerprint density at radius 2 is 1.84 bits per heavy atom. The Balaban J connectivity index is 2.06. The molecule has 1 aromatic heterocycles. The summed E-state index contributed by atoms with van der Waals surface area (Å²) in [5, 5.41) is 0. The van der Waals surface area contributed by atoms with Gasteiger partial charge in [-0.3, -0.25) is 4.79 Å². The fourth-order valence-corrected chi connectivity index (χ4v) is 1.69. The number of ketones is 1. The quantitative estimate of drug-likeness (QED) is 0.624. The van der Waals surface area contributed by atoms with Crippen LogP contribution in [0.15, 0.2) is 47.1 Å². The molecule has 0 spiro atoms. The average Bonchev–Trinajstić information content (AvgIpc) is 2.85. The van der Waals surface area contributed by atoms with E-state index in [0.717, 1.165) is 0 Å². The van der Waals surface area contributed by atoms with E-state index in [9.17, 15) is 9.59 Å². The molecule has 0 radical (unpaired) electrons. The molecule has 0 amide bonds. The maximum atomic E-state index is 12.0. The van der Waals surface area contributed by atoms with Crippen molar-refractivity contribution in [2.45, 2.75) is 20.0 Å². The smallest absolute Gasteiger partial charge is 0.375 e. The van der Waals surface area contributed by atoms with Gasteiger partial charge in [-0.1, -0.05) is 30.3 Å². The summed E-state index contributed by atoms with van der Waals surface area (Å²) < 4.78 is 10.1. The van der Waals surface area contributed by atoms with E-state index >= 15 is 0 Å². The number of aryl methyl sites for hydroxylation is 1. The van der Waals surface area contributed by atoms with Gasteiger partial charge in [0.1, 0.15) is 0 Å². The maximum Gasteiger partial charge on any atom is 0.375 e. The molecule has 19 heavy (non-hydrogen) atoms. The summed E-state index contributed by atoms with van der Waals surface area (Å²) in [7, 11) is 0. The zero-order valence-electron chi connectivity index (χ0n) is 10.8. The van der Waals surface area contributed by atoms with Gasteiger partial charge in [-0.2, -0.15) is 0 Å². The van der Waals surface area contributed by atoms with Gasteiger partial charge in [-0.25, -0.2) is 4.79 Å². The highest BCUT2D eigenvalue weighted by Crippen LogP contribution is 2.13. The number of esters is 1. The number of carbonyl (C=O) groups excluding carboxylic acids is 2. The highest BCUT2D eigenvalue weighted by Gasteiger charge is 2.22. The summed E-state index contributed by atoms with van der Waals surface area (Å²) in [5.41, 5.74) is 1.20. The molecule has 0 aliphatic heterocycles. The van der Waals surface area contributed by atoms with Gasteiger partial charge >= 0.3 is 5.97 Å². The standard InChI is InChI=1S/C15H14O4/c1-10-8-9-18-14(10)15(17)19-11(2)13(16)12-6-4-3-5-7-12/h3-9,11H,1-2H3. The van der Waals surface area contributed by atoms with E-state index in [-0.39, 0.29) is 11.5 Å². The molecule has 2 aromatic rings. The maximum absolute atomic E-state index is 12.0. The molecule has 1 atom stereocenters. The Kier molecular flexibility index (Phi) is 3.80. The van der Waals surface area contributed by atoms with E-state index in [2.05, 4.69) is 0 Å². The van der Waals surface area contributed by atoms with Crippen molar-refractivity contribution in [3.63, 3.8) is 0 Å². The fraction of sp³-hybridized carbons (Fsp3) is 0.200. The number of furan rings is 1. The minimum Gasteiger partial charge on any atom is -0.457 e. The highest BCUT2D eigenvalue weighted by molar-refractivity contribution is 6.01. The van der Waals surface area contributed by atoms with E-state index in [0.29, 0.717) is 11.1 Å². The van der Waals surface area contributed by atoms with Gasteiger partial charge in [0.15, 0.2) is 6.10 Å². The first kappa shape index (κ1) is 13.1. The third-order valence-electron chi connectivity index (χ3n) is 2.76. The van der Waals surface area contributed by atoms with Gasteiger partial charge in [0.25, 0.3) is 0 Å². The third kappa shape index (κ3) is 2.91. The Bertz CT molecular complexity index is 583. The zero-order chi connectivity index (χ0) is 13.8. The first-order valence-electron chi connectivity index (χ1n) is 5.94. The first-order chi connectivity index (χ1) is 9.09. The summed E-state index contributed by atoms with van der Waals surface area (Å²) in [6, 6.07) is 10.4. The second-order valence-electron chi connectivity index (χ2n) is 4.21. The van der Waals surface area contributed by atoms with Gasteiger partial charge in [-0.05, 0) is 19.9 Å². The van der Waals surface area contributed by atoms with Gasteiger partial charge in [0.2, 0.25) is 11.5 Å². The van der Waals surface area contributed by atoms with Crippen molar-refractivity contribution in [3.8, 4) is 0 Å². The van der Waals surface area contributed by atoms with E-state index in [1.165, 1.54) is 6.26 Å². The second kappa shape index (κ2) is 5.52. The third-order valence-corrected chi connectivity index (χ3v) is 2.76. The van der Waals surface area contributed by atoms with Crippen LogP contribution < -0.4 is 0 Å². The highest BCUT2D eigenvalue weighted by atomic mass is 16.6. The minimum absolute atomic E-state index is 0.132. The molecule has 0 saturated heterocycles. The topological polar surface area (TPSA) is 56.5 Å². The Labute approximate surface area is 111 Å². The van der Waals surface area contributed by atoms with Crippen LogP contribution >= 0.6 is 0 Å². The molecule has 0 bridgehead atoms. The molecule has 0 N–H and O–H groups in total. The normalized spacial score (nSPS) is 11.9. The Morgan fingerprint density at radius 3 is 2.42 bits per heavy atom. The van der Waals surface area contributed by atoms with Crippen LogP contribution in [0, 0.1) is 6.92 Å². The lowest BCUT2D eigenvalue weighted by Gasteiger charge is -2.11. The van der Waals surface area contributed by atoms with Crippen molar-refractivity contribution in [2.24, 2.45) is 0 Å². The van der Waals surface area contributed by atoms with E-state index in [1.54, 1.807) is 44.2 Å². The number of hydrogen-bond acceptors (Lipinski definition) is 4. The summed E-state index contributed by atoms with van der Waals surface area (Å²) in [6.07, 6.45) is 0.565. The van der Waals surface area contributed by atoms with Gasteiger partial charge in [0.05, 0.1) is 6.26 Å². The van der Waals surface area contributed by atoms with Crippen molar-refractivity contribution in [3.05, 3.63) is 59.5 Å². The lowest BCUT2D eigenvalue weighted by molar-refractivity contribution is 0.0288. The molecule has 4 heteroatoms. The van der Waals surface area contributed by atoms with E-state index in [1.807, 2.05) is 6.07 Å². The summed E-state index contributed by atoms with van der Waals surface area (Å²) >= 11 is 0. The molecule has 1 unspecified atom stereocenters. The van der Waals surface area contributed by atoms with Crippen molar-refractivity contribution >= 4 is 11.8 Å². The largest absolute Gasteiger partial charge is 0.457 e. The monoisotopic (exact) mass is 258 g/mol. The predicted octanol–water partition coefficient (Wildman–Crippen LogP) is 3.02. The van der Waals surface area contributed by atoms with Crippen molar-refractivity contribution < 1.29 is 18.7 Å². The molecule has 0 aliphatic carbocycles. The Hall–Kier alpha value is -2.36. The van der Waals surface area contributed by atoms with Crippen LogP contribution in [0.25, 0.3) is 0 Å². The van der Waals surface area contributed by atoms with E-state index < -0.39 is 12.1 Å². The van der Waals surface area contributed by atoms with Crippen molar-refractivity contribution in [1.82, 2.24) is 0 Å². The van der Waals surface area contributed by atoms with Crippen molar-refractivity contribution in [2.75, 3.05) is 0 Å². The Morgan fingerprint density at radius 1 is 1.16 bits per heavy atom. The van der Waals surface area contributed by atoms with Crippen LogP contribution in [0.4, 0.5) is 0 Å². The summed E-state index contributed by atoms with van der Waals surface area (Å²) in [6.45, 7) is 3.29. The molecule has 1 aromatic carbocycles. The molecule has 4 nitrogen and oxygen atoms in total. The van der Waals surface area contributed by atoms with Gasteiger partial charge < -0.3 is 9.15 Å². The average molecular weight is 258 g/mol. The lowest BCUT2D eigenvalue weighted by atomic mass is 10.1. The fourth-order valence-electron chi connectivity index (χ4n) is 1.69. The van der Waals surface area contributed by atoms with Gasteiger partial charge in [0, 0.05) is 11.1 Å². The number of hydrogen-bond donors (Lipinski definition) is 0. The molecular weight excluding hydrogens is 244 g/mol. The van der Waals surface area contributed by atoms with Crippen LogP contribution in [0.2, 0.25) is 0 Å². The molecule has 98 valence electrons. The number of carbonyl (C=O) groups is 2. The second-order valence-corrected chi connectivity index (χ2v) is 4.21. The number of Topliss-reactive ketones (excluding diaryl/α,β-unsaturated/α-hetero) is 1. The molecule has 0 aliphatic rings. The number of rotatable bonds is 4. The zero-order valence-corrected chi connectivity index (χ0v) is 10.8. The first-order valence-corrected chi connectivity index (χ1v) is 5.94. The minimum atomic E-state index is -0.848.